The molecule has 5 heteroatoms. The number of ketones is 1. The van der Waals surface area contributed by atoms with Crippen LogP contribution in [0.3, 0.4) is 0 Å². The van der Waals surface area contributed by atoms with E-state index in [-0.39, 0.29) is 11.7 Å². The van der Waals surface area contributed by atoms with Gasteiger partial charge in [0.2, 0.25) is 0 Å². The van der Waals surface area contributed by atoms with Crippen molar-refractivity contribution in [3.05, 3.63) is 0 Å². The van der Waals surface area contributed by atoms with Crippen LogP contribution < -0.4 is 0 Å². The van der Waals surface area contributed by atoms with Gasteiger partial charge in [0.25, 0.3) is 0 Å². The fourth-order valence-electron chi connectivity index (χ4n) is 1.47. The van der Waals surface area contributed by atoms with Crippen LogP contribution in [0.1, 0.15) is 44.9 Å². The number of rotatable bonds is 11. The first-order valence-corrected chi connectivity index (χ1v) is 7.87. The molecule has 0 aliphatic rings. The number of hydrogen-bond donors (Lipinski definition) is 2. The standard InChI is InChI=1S/C12H22O3S2/c1-17-9-8-10(13)6-7-11(16)4-2-3-5-12(14)15/h11,16H,2-9H2,1H3,(H,14,15). The average Bonchev–Trinajstić information content (AvgIpc) is 2.29. The SMILES string of the molecule is CSCCC(=O)CCC(S)CCCCC(=O)O. The third kappa shape index (κ3) is 12.1. The molecule has 3 nitrogen and oxygen atoms in total. The molecule has 0 radical (unpaired) electrons. The van der Waals surface area contributed by atoms with E-state index in [1.807, 2.05) is 6.26 Å². The predicted octanol–water partition coefficient (Wildman–Crippen LogP) is 3.03. The summed E-state index contributed by atoms with van der Waals surface area (Å²) < 4.78 is 0. The number of thioether (sulfide) groups is 1. The van der Waals surface area contributed by atoms with Gasteiger partial charge in [-0.15, -0.1) is 0 Å². The Labute approximate surface area is 113 Å². The minimum atomic E-state index is -0.743. The smallest absolute Gasteiger partial charge is 0.303 e. The zero-order chi connectivity index (χ0) is 13.1. The fourth-order valence-corrected chi connectivity index (χ4v) is 2.21. The molecule has 0 saturated heterocycles. The van der Waals surface area contributed by atoms with Gasteiger partial charge in [0.05, 0.1) is 0 Å². The highest BCUT2D eigenvalue weighted by atomic mass is 32.2. The second-order valence-electron chi connectivity index (χ2n) is 4.11. The lowest BCUT2D eigenvalue weighted by Gasteiger charge is -2.09. The van der Waals surface area contributed by atoms with Crippen LogP contribution in [0.2, 0.25) is 0 Å². The minimum Gasteiger partial charge on any atom is -0.481 e. The molecule has 0 aromatic heterocycles. The zero-order valence-electron chi connectivity index (χ0n) is 10.4. The van der Waals surface area contributed by atoms with Gasteiger partial charge in [-0.2, -0.15) is 24.4 Å². The lowest BCUT2D eigenvalue weighted by Crippen LogP contribution is -2.06. The predicted molar refractivity (Wildman–Crippen MR) is 76.1 cm³/mol. The molecule has 0 fully saturated rings. The van der Waals surface area contributed by atoms with Gasteiger partial charge in [0.1, 0.15) is 5.78 Å². The van der Waals surface area contributed by atoms with E-state index in [0.29, 0.717) is 25.0 Å². The molecule has 1 unspecified atom stereocenters. The van der Waals surface area contributed by atoms with E-state index in [4.69, 9.17) is 5.11 Å². The second-order valence-corrected chi connectivity index (χ2v) is 5.83. The van der Waals surface area contributed by atoms with Crippen molar-refractivity contribution in [1.82, 2.24) is 0 Å². The van der Waals surface area contributed by atoms with Gasteiger partial charge in [0.15, 0.2) is 0 Å². The maximum absolute atomic E-state index is 11.4. The Morgan fingerprint density at radius 2 is 1.88 bits per heavy atom. The molecule has 0 amide bonds. The summed E-state index contributed by atoms with van der Waals surface area (Å²) in [6, 6.07) is 0. The average molecular weight is 278 g/mol. The quantitative estimate of drug-likeness (QED) is 0.450. The number of unbranched alkanes of at least 4 members (excludes halogenated alkanes) is 1. The summed E-state index contributed by atoms with van der Waals surface area (Å²) in [4.78, 5) is 21.7. The molecular formula is C12H22O3S2. The van der Waals surface area contributed by atoms with Crippen LogP contribution in [0.25, 0.3) is 0 Å². The van der Waals surface area contributed by atoms with Crippen LogP contribution in [0.4, 0.5) is 0 Å². The Morgan fingerprint density at radius 1 is 1.18 bits per heavy atom. The van der Waals surface area contributed by atoms with E-state index in [1.54, 1.807) is 11.8 Å². The molecule has 0 rings (SSSR count). The summed E-state index contributed by atoms with van der Waals surface area (Å²) in [7, 11) is 0. The Bertz CT molecular complexity index is 232. The highest BCUT2D eigenvalue weighted by molar-refractivity contribution is 7.98. The molecule has 0 aromatic rings. The highest BCUT2D eigenvalue weighted by Gasteiger charge is 2.07. The molecule has 0 spiro atoms. The summed E-state index contributed by atoms with van der Waals surface area (Å²) in [6.45, 7) is 0. The number of aliphatic carboxylic acids is 1. The van der Waals surface area contributed by atoms with Gasteiger partial charge in [0, 0.05) is 24.5 Å². The first-order valence-electron chi connectivity index (χ1n) is 5.96. The van der Waals surface area contributed by atoms with Crippen molar-refractivity contribution in [1.29, 1.82) is 0 Å². The number of carbonyl (C=O) groups is 2. The van der Waals surface area contributed by atoms with Gasteiger partial charge in [-0.1, -0.05) is 6.42 Å². The third-order valence-corrected chi connectivity index (χ3v) is 3.65. The molecule has 0 saturated carbocycles. The summed E-state index contributed by atoms with van der Waals surface area (Å²) in [5.74, 6) is 0.464. The van der Waals surface area contributed by atoms with Crippen molar-refractivity contribution in [2.45, 2.75) is 50.2 Å². The highest BCUT2D eigenvalue weighted by Crippen LogP contribution is 2.15. The van der Waals surface area contributed by atoms with Crippen LogP contribution in [0, 0.1) is 0 Å². The number of carboxylic acids is 1. The van der Waals surface area contributed by atoms with Crippen LogP contribution in [0.5, 0.6) is 0 Å². The van der Waals surface area contributed by atoms with Crippen molar-refractivity contribution in [3.8, 4) is 0 Å². The van der Waals surface area contributed by atoms with Crippen molar-refractivity contribution < 1.29 is 14.7 Å². The van der Waals surface area contributed by atoms with Gasteiger partial charge >= 0.3 is 5.97 Å². The largest absolute Gasteiger partial charge is 0.481 e. The van der Waals surface area contributed by atoms with E-state index in [9.17, 15) is 9.59 Å². The third-order valence-electron chi connectivity index (χ3n) is 2.52. The number of carbonyl (C=O) groups excluding carboxylic acids is 1. The normalized spacial score (nSPS) is 12.4. The van der Waals surface area contributed by atoms with Crippen LogP contribution >= 0.6 is 24.4 Å². The van der Waals surface area contributed by atoms with Crippen molar-refractivity contribution in [3.63, 3.8) is 0 Å². The van der Waals surface area contributed by atoms with Crippen molar-refractivity contribution in [2.75, 3.05) is 12.0 Å². The van der Waals surface area contributed by atoms with E-state index in [0.717, 1.165) is 25.0 Å². The molecule has 0 bridgehead atoms. The molecular weight excluding hydrogens is 256 g/mol. The van der Waals surface area contributed by atoms with E-state index < -0.39 is 5.97 Å². The molecule has 0 aliphatic heterocycles. The monoisotopic (exact) mass is 278 g/mol. The van der Waals surface area contributed by atoms with E-state index >= 15 is 0 Å². The number of carboxylic acid groups (broad SMARTS) is 1. The Morgan fingerprint density at radius 3 is 2.47 bits per heavy atom. The van der Waals surface area contributed by atoms with Crippen molar-refractivity contribution in [2.24, 2.45) is 0 Å². The molecule has 100 valence electrons. The van der Waals surface area contributed by atoms with Gasteiger partial charge in [-0.3, -0.25) is 9.59 Å². The first kappa shape index (κ1) is 16.8. The number of thiol groups is 1. The maximum Gasteiger partial charge on any atom is 0.303 e. The summed E-state index contributed by atoms with van der Waals surface area (Å²) in [6.07, 6.45) is 6.76. The molecule has 17 heavy (non-hydrogen) atoms. The fraction of sp³-hybridized carbons (Fsp3) is 0.833. The minimum absolute atomic E-state index is 0.224. The van der Waals surface area contributed by atoms with Gasteiger partial charge in [-0.25, -0.2) is 0 Å². The number of Topliss-reactive ketones (excluding diaryl/α,β-unsaturated/α-hetero) is 1. The van der Waals surface area contributed by atoms with Crippen LogP contribution in [-0.2, 0) is 9.59 Å². The Hall–Kier alpha value is -0.160. The van der Waals surface area contributed by atoms with Crippen molar-refractivity contribution >= 4 is 36.1 Å². The Kier molecular flexibility index (Phi) is 10.9. The summed E-state index contributed by atoms with van der Waals surface area (Å²) in [5.41, 5.74) is 0. The lowest BCUT2D eigenvalue weighted by molar-refractivity contribution is -0.137. The molecule has 1 N–H and O–H groups in total. The topological polar surface area (TPSA) is 54.4 Å². The zero-order valence-corrected chi connectivity index (χ0v) is 12.1. The number of hydrogen-bond acceptors (Lipinski definition) is 4. The van der Waals surface area contributed by atoms with Crippen LogP contribution in [0.15, 0.2) is 0 Å². The van der Waals surface area contributed by atoms with Gasteiger partial charge in [-0.05, 0) is 31.3 Å². The summed E-state index contributed by atoms with van der Waals surface area (Å²) >= 11 is 6.10. The van der Waals surface area contributed by atoms with Gasteiger partial charge < -0.3 is 5.11 Å². The second kappa shape index (κ2) is 11.0. The summed E-state index contributed by atoms with van der Waals surface area (Å²) in [5, 5.41) is 8.70. The molecule has 0 heterocycles. The van der Waals surface area contributed by atoms with Crippen LogP contribution in [-0.4, -0.2) is 34.1 Å². The Balaban J connectivity index is 3.42. The molecule has 0 aliphatic carbocycles. The molecule has 0 aromatic carbocycles. The maximum atomic E-state index is 11.4. The van der Waals surface area contributed by atoms with E-state index in [1.165, 1.54) is 0 Å². The van der Waals surface area contributed by atoms with E-state index in [2.05, 4.69) is 12.6 Å². The first-order chi connectivity index (χ1) is 8.06. The molecule has 1 atom stereocenters. The lowest BCUT2D eigenvalue weighted by atomic mass is 10.1.